The maximum atomic E-state index is 2.30. The second-order valence-electron chi connectivity index (χ2n) is 7.35. The Balaban J connectivity index is 0.00000160. The number of hydrogen-bond donors (Lipinski definition) is 0. The van der Waals surface area contributed by atoms with E-state index in [2.05, 4.69) is 84.9 Å². The van der Waals surface area contributed by atoms with Crippen LogP contribution in [0.3, 0.4) is 0 Å². The average molecular weight is 331 g/mol. The van der Waals surface area contributed by atoms with Gasteiger partial charge in [-0.2, -0.15) is 0 Å². The summed E-state index contributed by atoms with van der Waals surface area (Å²) in [6, 6.07) is 31.4. The van der Waals surface area contributed by atoms with Crippen molar-refractivity contribution in [2.45, 2.75) is 12.8 Å². The minimum absolute atomic E-state index is 0. The summed E-state index contributed by atoms with van der Waals surface area (Å²) in [6.07, 6.45) is 2.09. The van der Waals surface area contributed by atoms with Crippen LogP contribution in [0.2, 0.25) is 0 Å². The largest absolute Gasteiger partial charge is 1.00 e. The first-order valence-electron chi connectivity index (χ1n) is 9.31. The first-order valence-corrected chi connectivity index (χ1v) is 9.31. The molecule has 2 aliphatic rings. The molecule has 0 amide bonds. The van der Waals surface area contributed by atoms with Crippen LogP contribution < -0.4 is 0 Å². The monoisotopic (exact) mass is 331 g/mol. The Morgan fingerprint density at radius 3 is 1.27 bits per heavy atom. The lowest BCUT2D eigenvalue weighted by Gasteiger charge is -2.15. The lowest BCUT2D eigenvalue weighted by Crippen LogP contribution is -1.90. The van der Waals surface area contributed by atoms with Crippen molar-refractivity contribution in [3.63, 3.8) is 0 Å². The van der Waals surface area contributed by atoms with E-state index in [9.17, 15) is 0 Å². The Morgan fingerprint density at radius 2 is 0.769 bits per heavy atom. The van der Waals surface area contributed by atoms with Gasteiger partial charge in [0.05, 0.1) is 0 Å². The van der Waals surface area contributed by atoms with Crippen LogP contribution in [0, 0.1) is 0 Å². The van der Waals surface area contributed by atoms with Crippen molar-refractivity contribution in [3.05, 3.63) is 107 Å². The molecule has 2 aliphatic carbocycles. The highest BCUT2D eigenvalue weighted by Gasteiger charge is 2.26. The predicted molar refractivity (Wildman–Crippen MR) is 109 cm³/mol. The first kappa shape index (κ1) is 14.1. The van der Waals surface area contributed by atoms with Crippen LogP contribution in [0.15, 0.2) is 84.9 Å². The number of rotatable bonds is 1. The van der Waals surface area contributed by atoms with Crippen LogP contribution in [0.1, 0.15) is 23.7 Å². The lowest BCUT2D eigenvalue weighted by atomic mass is 9.89. The highest BCUT2D eigenvalue weighted by Crippen LogP contribution is 2.48. The van der Waals surface area contributed by atoms with E-state index in [1.165, 1.54) is 55.6 Å². The Morgan fingerprint density at radius 1 is 0.385 bits per heavy atom. The number of benzene rings is 4. The molecule has 122 valence electrons. The maximum Gasteiger partial charge on any atom is 1.00 e. The van der Waals surface area contributed by atoms with E-state index in [1.807, 2.05) is 0 Å². The zero-order valence-corrected chi connectivity index (χ0v) is 14.5. The van der Waals surface area contributed by atoms with Gasteiger partial charge in [0, 0.05) is 0 Å². The minimum Gasteiger partial charge on any atom is -0.0619 e. The van der Waals surface area contributed by atoms with Crippen LogP contribution in [0.5, 0.6) is 0 Å². The fourth-order valence-electron chi connectivity index (χ4n) is 4.83. The van der Waals surface area contributed by atoms with Crippen molar-refractivity contribution in [1.29, 1.82) is 0 Å². The summed E-state index contributed by atoms with van der Waals surface area (Å²) in [5.41, 5.74) is 14.2. The highest BCUT2D eigenvalue weighted by molar-refractivity contribution is 5.98. The third kappa shape index (κ3) is 1.84. The average Bonchev–Trinajstić information content (AvgIpc) is 3.26. The van der Waals surface area contributed by atoms with Gasteiger partial charge in [-0.3, -0.25) is 0 Å². The van der Waals surface area contributed by atoms with Gasteiger partial charge in [0.25, 0.3) is 0 Å². The third-order valence-corrected chi connectivity index (χ3v) is 5.93. The molecule has 26 heavy (non-hydrogen) atoms. The van der Waals surface area contributed by atoms with Gasteiger partial charge in [0.1, 0.15) is 0 Å². The fourth-order valence-corrected chi connectivity index (χ4v) is 4.83. The molecule has 0 atom stereocenters. The summed E-state index contributed by atoms with van der Waals surface area (Å²) in [7, 11) is 0. The van der Waals surface area contributed by atoms with E-state index >= 15 is 0 Å². The smallest absolute Gasteiger partial charge is 0.0619 e. The fraction of sp³-hybridized carbons (Fsp3) is 0.0769. The van der Waals surface area contributed by atoms with Crippen molar-refractivity contribution in [2.24, 2.45) is 0 Å². The zero-order chi connectivity index (χ0) is 17.1. The maximum absolute atomic E-state index is 2.30. The predicted octanol–water partition coefficient (Wildman–Crippen LogP) is 6.61. The Kier molecular flexibility index (Phi) is 2.81. The molecule has 0 heteroatoms. The molecule has 0 saturated heterocycles. The molecule has 0 unspecified atom stereocenters. The summed E-state index contributed by atoms with van der Waals surface area (Å²) < 4.78 is 0. The van der Waals surface area contributed by atoms with Gasteiger partial charge in [-0.1, -0.05) is 84.9 Å². The van der Waals surface area contributed by atoms with E-state index in [0.29, 0.717) is 0 Å². The molecule has 4 aromatic rings. The number of hydrogen-bond acceptors (Lipinski definition) is 0. The first-order chi connectivity index (χ1) is 12.9. The standard InChI is InChI=1S/C26H18/c1-3-11-21-17(7-1)15-19-9-5-13-23(25(19)21)24-14-6-10-20-16-18-8-2-4-12-22(18)26(20)24/h1-14H,15-16H2/p+1. The second kappa shape index (κ2) is 5.19. The van der Waals surface area contributed by atoms with E-state index < -0.39 is 0 Å². The Bertz CT molecular complexity index is 1090. The van der Waals surface area contributed by atoms with Crippen LogP contribution in [-0.2, 0) is 12.8 Å². The van der Waals surface area contributed by atoms with Gasteiger partial charge in [-0.15, -0.1) is 0 Å². The van der Waals surface area contributed by atoms with Gasteiger partial charge in [-0.05, 0) is 68.5 Å². The molecule has 0 aliphatic heterocycles. The summed E-state index contributed by atoms with van der Waals surface area (Å²) in [6.45, 7) is 0. The molecule has 4 aromatic carbocycles. The molecular weight excluding hydrogens is 312 g/mol. The van der Waals surface area contributed by atoms with Crippen molar-refractivity contribution < 1.29 is 1.43 Å². The summed E-state index contributed by atoms with van der Waals surface area (Å²) in [5.74, 6) is 0. The van der Waals surface area contributed by atoms with Gasteiger partial charge in [0.15, 0.2) is 0 Å². The van der Waals surface area contributed by atoms with Crippen molar-refractivity contribution in [1.82, 2.24) is 0 Å². The van der Waals surface area contributed by atoms with Crippen molar-refractivity contribution in [3.8, 4) is 33.4 Å². The van der Waals surface area contributed by atoms with E-state index in [1.54, 1.807) is 0 Å². The Hall–Kier alpha value is -3.12. The molecule has 0 aromatic heterocycles. The molecule has 0 spiro atoms. The summed E-state index contributed by atoms with van der Waals surface area (Å²) in [4.78, 5) is 0. The molecule has 0 nitrogen and oxygen atoms in total. The molecular formula is C26H19+. The highest BCUT2D eigenvalue weighted by atomic mass is 14.3. The van der Waals surface area contributed by atoms with E-state index in [0.717, 1.165) is 12.8 Å². The molecule has 0 N–H and O–H groups in total. The topological polar surface area (TPSA) is 0 Å². The minimum atomic E-state index is 0. The second-order valence-corrected chi connectivity index (χ2v) is 7.35. The molecule has 0 radical (unpaired) electrons. The van der Waals surface area contributed by atoms with Crippen molar-refractivity contribution >= 4 is 0 Å². The molecule has 6 rings (SSSR count). The van der Waals surface area contributed by atoms with E-state index in [-0.39, 0.29) is 1.43 Å². The van der Waals surface area contributed by atoms with Gasteiger partial charge < -0.3 is 0 Å². The normalized spacial score (nSPS) is 13.1. The zero-order valence-electron chi connectivity index (χ0n) is 15.5. The lowest BCUT2D eigenvalue weighted by molar-refractivity contribution is 1.26. The molecule has 0 fully saturated rings. The van der Waals surface area contributed by atoms with Gasteiger partial charge in [-0.25, -0.2) is 0 Å². The number of fused-ring (bicyclic) bond motifs is 6. The van der Waals surface area contributed by atoms with Crippen LogP contribution in [0.4, 0.5) is 0 Å². The third-order valence-electron chi connectivity index (χ3n) is 5.93. The van der Waals surface area contributed by atoms with Crippen molar-refractivity contribution in [2.75, 3.05) is 0 Å². The molecule has 0 saturated carbocycles. The molecule has 0 bridgehead atoms. The SMILES string of the molecule is [H+].c1ccc2c(c1)Cc1cccc(-c3cccc4c3-c3ccccc3C4)c1-2. The summed E-state index contributed by atoms with van der Waals surface area (Å²) >= 11 is 0. The van der Waals surface area contributed by atoms with Crippen LogP contribution in [0.25, 0.3) is 33.4 Å². The molecule has 0 heterocycles. The summed E-state index contributed by atoms with van der Waals surface area (Å²) in [5, 5.41) is 0. The van der Waals surface area contributed by atoms with Gasteiger partial charge >= 0.3 is 1.43 Å². The Labute approximate surface area is 155 Å². The quantitative estimate of drug-likeness (QED) is 0.318. The van der Waals surface area contributed by atoms with Crippen LogP contribution in [-0.4, -0.2) is 0 Å². The van der Waals surface area contributed by atoms with E-state index in [4.69, 9.17) is 0 Å². The van der Waals surface area contributed by atoms with Crippen LogP contribution >= 0.6 is 0 Å². The van der Waals surface area contributed by atoms with Gasteiger partial charge in [0.2, 0.25) is 0 Å².